The molecular formula is C27H22BrN3O3S. The van der Waals surface area contributed by atoms with Crippen LogP contribution in [0.4, 0.5) is 0 Å². The van der Waals surface area contributed by atoms with Crippen LogP contribution in [0.15, 0.2) is 102 Å². The summed E-state index contributed by atoms with van der Waals surface area (Å²) < 4.78 is 6.42. The van der Waals surface area contributed by atoms with Gasteiger partial charge in [-0.05, 0) is 56.1 Å². The van der Waals surface area contributed by atoms with Gasteiger partial charge in [-0.25, -0.2) is 0 Å². The summed E-state index contributed by atoms with van der Waals surface area (Å²) in [4.78, 5) is 25.3. The van der Waals surface area contributed by atoms with E-state index in [2.05, 4.69) is 32.1 Å². The molecule has 0 bridgehead atoms. The summed E-state index contributed by atoms with van der Waals surface area (Å²) in [7, 11) is 0. The van der Waals surface area contributed by atoms with E-state index >= 15 is 0 Å². The van der Waals surface area contributed by atoms with E-state index in [1.807, 2.05) is 91.0 Å². The van der Waals surface area contributed by atoms with E-state index < -0.39 is 11.8 Å². The maximum absolute atomic E-state index is 13.0. The largest absolute Gasteiger partial charge is 0.483 e. The van der Waals surface area contributed by atoms with Crippen molar-refractivity contribution in [1.82, 2.24) is 16.2 Å². The normalized spacial score (nSPS) is 10.6. The predicted molar refractivity (Wildman–Crippen MR) is 144 cm³/mol. The lowest BCUT2D eigenvalue weighted by Crippen LogP contribution is -2.50. The third-order valence-corrected chi connectivity index (χ3v) is 6.29. The van der Waals surface area contributed by atoms with Gasteiger partial charge in [-0.15, -0.1) is 0 Å². The zero-order valence-corrected chi connectivity index (χ0v) is 20.9. The first-order valence-corrected chi connectivity index (χ1v) is 12.0. The molecule has 0 heterocycles. The number of rotatable bonds is 6. The molecule has 4 rings (SSSR count). The van der Waals surface area contributed by atoms with Crippen molar-refractivity contribution < 1.29 is 14.3 Å². The molecule has 0 spiro atoms. The zero-order chi connectivity index (χ0) is 24.6. The van der Waals surface area contributed by atoms with Crippen LogP contribution >= 0.6 is 28.1 Å². The molecular weight excluding hydrogens is 526 g/mol. The molecule has 0 fully saturated rings. The van der Waals surface area contributed by atoms with Gasteiger partial charge >= 0.3 is 0 Å². The highest BCUT2D eigenvalue weighted by atomic mass is 79.9. The maximum Gasteiger partial charge on any atom is 0.264 e. The van der Waals surface area contributed by atoms with Crippen molar-refractivity contribution in [3.63, 3.8) is 0 Å². The Labute approximate surface area is 216 Å². The maximum atomic E-state index is 13.0. The number of thiocarbonyl (C=S) groups is 1. The molecule has 3 N–H and O–H groups in total. The molecule has 0 saturated carbocycles. The topological polar surface area (TPSA) is 79.5 Å². The van der Waals surface area contributed by atoms with Crippen molar-refractivity contribution in [1.29, 1.82) is 0 Å². The molecule has 0 atom stereocenters. The molecule has 35 heavy (non-hydrogen) atoms. The van der Waals surface area contributed by atoms with Crippen LogP contribution in [-0.4, -0.2) is 23.5 Å². The Bertz CT molecular complexity index is 1310. The summed E-state index contributed by atoms with van der Waals surface area (Å²) in [6.07, 6.45) is 0. The van der Waals surface area contributed by atoms with Gasteiger partial charge in [-0.2, -0.15) is 0 Å². The van der Waals surface area contributed by atoms with Gasteiger partial charge in [0.05, 0.1) is 10.4 Å². The van der Waals surface area contributed by atoms with Crippen LogP contribution < -0.4 is 20.9 Å². The smallest absolute Gasteiger partial charge is 0.264 e. The number of hydrazine groups is 1. The van der Waals surface area contributed by atoms with Crippen LogP contribution in [0.25, 0.3) is 10.8 Å². The number of hydrogen-bond acceptors (Lipinski definition) is 4. The van der Waals surface area contributed by atoms with E-state index in [4.69, 9.17) is 17.0 Å². The highest BCUT2D eigenvalue weighted by Gasteiger charge is 2.22. The molecule has 0 aromatic heterocycles. The molecule has 2 amide bonds. The second-order valence-electron chi connectivity index (χ2n) is 7.63. The Hall–Kier alpha value is -3.75. The number of carbonyl (C=O) groups excluding carboxylic acids is 2. The van der Waals surface area contributed by atoms with E-state index in [1.54, 1.807) is 6.07 Å². The number of amides is 2. The number of fused-ring (bicyclic) bond motifs is 1. The lowest BCUT2D eigenvalue weighted by Gasteiger charge is -2.19. The number of nitrogens with one attached hydrogen (secondary N) is 3. The first-order valence-electron chi connectivity index (χ1n) is 10.8. The molecule has 0 aliphatic heterocycles. The average molecular weight is 548 g/mol. The van der Waals surface area contributed by atoms with Crippen LogP contribution in [0.2, 0.25) is 0 Å². The molecule has 6 nitrogen and oxygen atoms in total. The van der Waals surface area contributed by atoms with Crippen LogP contribution in [0, 0.1) is 0 Å². The van der Waals surface area contributed by atoms with Crippen molar-refractivity contribution in [2.24, 2.45) is 0 Å². The number of benzene rings is 4. The lowest BCUT2D eigenvalue weighted by molar-refractivity contribution is -0.123. The molecule has 8 heteroatoms. The highest BCUT2D eigenvalue weighted by molar-refractivity contribution is 9.10. The summed E-state index contributed by atoms with van der Waals surface area (Å²) in [5.74, 6) is -0.772. The van der Waals surface area contributed by atoms with Crippen molar-refractivity contribution in [3.8, 4) is 5.75 Å². The molecule has 0 radical (unpaired) electrons. The van der Waals surface area contributed by atoms with Crippen molar-refractivity contribution in [3.05, 3.63) is 113 Å². The summed E-state index contributed by atoms with van der Waals surface area (Å²) in [5, 5.41) is 4.51. The monoisotopic (exact) mass is 547 g/mol. The van der Waals surface area contributed by atoms with Gasteiger partial charge in [0.1, 0.15) is 5.75 Å². The first-order chi connectivity index (χ1) is 17.0. The van der Waals surface area contributed by atoms with Crippen molar-refractivity contribution in [2.45, 2.75) is 5.92 Å². The minimum Gasteiger partial charge on any atom is -0.483 e. The van der Waals surface area contributed by atoms with Gasteiger partial charge in [0, 0.05) is 0 Å². The van der Waals surface area contributed by atoms with E-state index in [0.29, 0.717) is 5.75 Å². The average Bonchev–Trinajstić information content (AvgIpc) is 2.89. The minimum atomic E-state index is -0.544. The zero-order valence-electron chi connectivity index (χ0n) is 18.5. The summed E-state index contributed by atoms with van der Waals surface area (Å²) >= 11 is 8.70. The predicted octanol–water partition coefficient (Wildman–Crippen LogP) is 4.84. The SMILES string of the molecule is O=C(COc1ccc2ccccc2c1Br)NC(=S)NNC(=O)C(c1ccccc1)c1ccccc1. The summed E-state index contributed by atoms with van der Waals surface area (Å²) in [5.41, 5.74) is 6.87. The molecule has 4 aromatic carbocycles. The van der Waals surface area contributed by atoms with E-state index in [-0.39, 0.29) is 17.6 Å². The van der Waals surface area contributed by atoms with Gasteiger partial charge in [-0.3, -0.25) is 25.8 Å². The van der Waals surface area contributed by atoms with Crippen LogP contribution in [-0.2, 0) is 9.59 Å². The fraction of sp³-hybridized carbons (Fsp3) is 0.0741. The third kappa shape index (κ3) is 6.23. The fourth-order valence-corrected chi connectivity index (χ4v) is 4.41. The Kier molecular flexibility index (Phi) is 8.07. The number of carbonyl (C=O) groups is 2. The van der Waals surface area contributed by atoms with E-state index in [0.717, 1.165) is 26.4 Å². The van der Waals surface area contributed by atoms with Gasteiger partial charge in [0.2, 0.25) is 5.91 Å². The molecule has 176 valence electrons. The van der Waals surface area contributed by atoms with Gasteiger partial charge in [0.15, 0.2) is 11.7 Å². The van der Waals surface area contributed by atoms with Gasteiger partial charge < -0.3 is 4.74 Å². The standard InChI is InChI=1S/C27H22BrN3O3S/c28-25-21-14-8-7-9-18(21)15-16-22(25)34-17-23(32)29-27(35)31-30-26(33)24(19-10-3-1-4-11-19)20-12-5-2-6-13-20/h1-16,24H,17H2,(H,30,33)(H2,29,31,32,35). The van der Waals surface area contributed by atoms with E-state index in [9.17, 15) is 9.59 Å². The molecule has 0 aliphatic rings. The van der Waals surface area contributed by atoms with Gasteiger partial charge in [-0.1, -0.05) is 91.0 Å². The Morgan fingerprint density at radius 1 is 0.800 bits per heavy atom. The highest BCUT2D eigenvalue weighted by Crippen LogP contribution is 2.33. The van der Waals surface area contributed by atoms with Crippen LogP contribution in [0.1, 0.15) is 17.0 Å². The quantitative estimate of drug-likeness (QED) is 0.238. The Morgan fingerprint density at radius 3 is 2.06 bits per heavy atom. The van der Waals surface area contributed by atoms with Crippen LogP contribution in [0.5, 0.6) is 5.75 Å². The van der Waals surface area contributed by atoms with Crippen LogP contribution in [0.3, 0.4) is 0 Å². The fourth-order valence-electron chi connectivity index (χ4n) is 3.64. The molecule has 0 aliphatic carbocycles. The number of hydrogen-bond donors (Lipinski definition) is 3. The third-order valence-electron chi connectivity index (χ3n) is 5.27. The van der Waals surface area contributed by atoms with E-state index in [1.165, 1.54) is 0 Å². The van der Waals surface area contributed by atoms with Crippen molar-refractivity contribution in [2.75, 3.05) is 6.61 Å². The summed E-state index contributed by atoms with van der Waals surface area (Å²) in [6, 6.07) is 30.4. The summed E-state index contributed by atoms with van der Waals surface area (Å²) in [6.45, 7) is -0.247. The second kappa shape index (κ2) is 11.6. The van der Waals surface area contributed by atoms with Gasteiger partial charge in [0.25, 0.3) is 5.91 Å². The Morgan fingerprint density at radius 2 is 1.40 bits per heavy atom. The molecule has 0 saturated heterocycles. The second-order valence-corrected chi connectivity index (χ2v) is 8.83. The molecule has 4 aromatic rings. The number of ether oxygens (including phenoxy) is 1. The minimum absolute atomic E-state index is 0.0376. The Balaban J connectivity index is 1.32. The first kappa shape index (κ1) is 24.4. The van der Waals surface area contributed by atoms with Crippen molar-refractivity contribution >= 4 is 55.8 Å². The molecule has 0 unspecified atom stereocenters. The number of halogens is 1. The lowest BCUT2D eigenvalue weighted by atomic mass is 9.91.